The second kappa shape index (κ2) is 7.68. The summed E-state index contributed by atoms with van der Waals surface area (Å²) < 4.78 is 0. The minimum atomic E-state index is -0.0320. The molecule has 1 aromatic rings. The third-order valence-electron chi connectivity index (χ3n) is 2.51. The first-order valence-electron chi connectivity index (χ1n) is 5.98. The van der Waals surface area contributed by atoms with E-state index in [1.165, 1.54) is 11.8 Å². The average Bonchev–Trinajstić information content (AvgIpc) is 2.42. The van der Waals surface area contributed by atoms with Gasteiger partial charge in [0, 0.05) is 10.9 Å². The highest BCUT2D eigenvalue weighted by Gasteiger charge is 2.18. The zero-order valence-electron chi connectivity index (χ0n) is 11.1. The summed E-state index contributed by atoms with van der Waals surface area (Å²) in [5.74, 6) is 0.336. The van der Waals surface area contributed by atoms with E-state index in [2.05, 4.69) is 5.16 Å². The topological polar surface area (TPSA) is 78.9 Å². The van der Waals surface area contributed by atoms with Gasteiger partial charge in [0.05, 0.1) is 12.3 Å². The molecule has 1 amide bonds. The fourth-order valence-electron chi connectivity index (χ4n) is 1.51. The lowest BCUT2D eigenvalue weighted by Gasteiger charge is -2.26. The number of thioether (sulfide) groups is 1. The molecule has 3 N–H and O–H groups in total. The van der Waals surface area contributed by atoms with Gasteiger partial charge in [0.25, 0.3) is 0 Å². The Bertz CT molecular complexity index is 435. The molecule has 104 valence electrons. The van der Waals surface area contributed by atoms with Gasteiger partial charge in [-0.1, -0.05) is 23.4 Å². The first kappa shape index (κ1) is 15.4. The average molecular weight is 281 g/mol. The molecule has 0 bridgehead atoms. The Hall–Kier alpha value is -1.69. The summed E-state index contributed by atoms with van der Waals surface area (Å²) in [5, 5.41) is 11.5. The van der Waals surface area contributed by atoms with Gasteiger partial charge in [-0.2, -0.15) is 0 Å². The zero-order chi connectivity index (χ0) is 14.3. The Kier molecular flexibility index (Phi) is 6.21. The number of nitrogens with two attached hydrogens (primary N) is 1. The molecule has 0 unspecified atom stereocenters. The molecule has 0 spiro atoms. The maximum atomic E-state index is 12.1. The molecule has 0 fully saturated rings. The van der Waals surface area contributed by atoms with Crippen molar-refractivity contribution in [1.29, 1.82) is 0 Å². The van der Waals surface area contributed by atoms with Gasteiger partial charge in [0.2, 0.25) is 5.91 Å². The molecule has 0 saturated carbocycles. The molecule has 5 nitrogen and oxygen atoms in total. The number of hydrogen-bond acceptors (Lipinski definition) is 4. The van der Waals surface area contributed by atoms with Gasteiger partial charge >= 0.3 is 0 Å². The largest absolute Gasteiger partial charge is 0.409 e. The summed E-state index contributed by atoms with van der Waals surface area (Å²) in [6.07, 6.45) is 0. The third kappa shape index (κ3) is 5.21. The predicted octanol–water partition coefficient (Wildman–Crippen LogP) is 1.76. The van der Waals surface area contributed by atoms with Crippen molar-refractivity contribution in [3.63, 3.8) is 0 Å². The van der Waals surface area contributed by atoms with Gasteiger partial charge in [0.1, 0.15) is 0 Å². The third-order valence-corrected chi connectivity index (χ3v) is 3.51. The van der Waals surface area contributed by atoms with E-state index in [4.69, 9.17) is 10.9 Å². The summed E-state index contributed by atoms with van der Waals surface area (Å²) >= 11 is 1.47. The predicted molar refractivity (Wildman–Crippen MR) is 77.4 cm³/mol. The summed E-state index contributed by atoms with van der Waals surface area (Å²) in [4.78, 5) is 14.8. The maximum Gasteiger partial charge on any atom is 0.233 e. The molecule has 6 heteroatoms. The number of benzene rings is 1. The van der Waals surface area contributed by atoms with Crippen molar-refractivity contribution in [1.82, 2.24) is 4.90 Å². The quantitative estimate of drug-likeness (QED) is 0.274. The number of amides is 1. The van der Waals surface area contributed by atoms with E-state index in [1.54, 1.807) is 4.90 Å². The van der Waals surface area contributed by atoms with Crippen molar-refractivity contribution in [3.05, 3.63) is 30.3 Å². The van der Waals surface area contributed by atoms with E-state index in [1.807, 2.05) is 44.2 Å². The Morgan fingerprint density at radius 2 is 2.05 bits per heavy atom. The molecular formula is C13H19N3O2S. The maximum absolute atomic E-state index is 12.1. The van der Waals surface area contributed by atoms with E-state index in [9.17, 15) is 4.79 Å². The second-order valence-electron chi connectivity index (χ2n) is 4.31. The Morgan fingerprint density at radius 1 is 1.42 bits per heavy atom. The van der Waals surface area contributed by atoms with Crippen molar-refractivity contribution in [3.8, 4) is 0 Å². The lowest BCUT2D eigenvalue weighted by molar-refractivity contribution is -0.129. The van der Waals surface area contributed by atoms with Crippen molar-refractivity contribution in [2.75, 3.05) is 12.3 Å². The van der Waals surface area contributed by atoms with Crippen LogP contribution in [0.4, 0.5) is 0 Å². The molecule has 19 heavy (non-hydrogen) atoms. The standard InChI is InChI=1S/C13H19N3O2S/c1-10(2)16(8-12(14)15-18)13(17)9-19-11-6-4-3-5-7-11/h3-7,10,18H,8-9H2,1-2H3,(H2,14,15). The van der Waals surface area contributed by atoms with Crippen molar-refractivity contribution in [2.24, 2.45) is 10.9 Å². The van der Waals surface area contributed by atoms with Crippen LogP contribution in [0.25, 0.3) is 0 Å². The molecule has 0 saturated heterocycles. The lowest BCUT2D eigenvalue weighted by atomic mass is 10.3. The summed E-state index contributed by atoms with van der Waals surface area (Å²) in [6, 6.07) is 9.73. The smallest absolute Gasteiger partial charge is 0.233 e. The Labute approximate surface area is 117 Å². The Balaban J connectivity index is 2.58. The molecule has 0 aliphatic heterocycles. The van der Waals surface area contributed by atoms with Crippen LogP contribution in [0.1, 0.15) is 13.8 Å². The van der Waals surface area contributed by atoms with Gasteiger partial charge in [0.15, 0.2) is 5.84 Å². The van der Waals surface area contributed by atoms with Crippen LogP contribution >= 0.6 is 11.8 Å². The van der Waals surface area contributed by atoms with Gasteiger partial charge in [-0.05, 0) is 26.0 Å². The molecule has 0 aliphatic rings. The van der Waals surface area contributed by atoms with Gasteiger partial charge in [-0.15, -0.1) is 11.8 Å². The molecule has 0 aliphatic carbocycles. The van der Waals surface area contributed by atoms with Crippen molar-refractivity contribution >= 4 is 23.5 Å². The number of hydrogen-bond donors (Lipinski definition) is 2. The highest BCUT2D eigenvalue weighted by atomic mass is 32.2. The van der Waals surface area contributed by atoms with Gasteiger partial charge in [-0.25, -0.2) is 0 Å². The van der Waals surface area contributed by atoms with Crippen LogP contribution in [0.3, 0.4) is 0 Å². The molecule has 1 rings (SSSR count). The van der Waals surface area contributed by atoms with Crippen LogP contribution in [-0.2, 0) is 4.79 Å². The lowest BCUT2D eigenvalue weighted by Crippen LogP contribution is -2.43. The van der Waals surface area contributed by atoms with Crippen LogP contribution in [0.2, 0.25) is 0 Å². The van der Waals surface area contributed by atoms with Crippen LogP contribution in [0, 0.1) is 0 Å². The molecule has 0 atom stereocenters. The number of amidine groups is 1. The number of carbonyl (C=O) groups is 1. The first-order chi connectivity index (χ1) is 9.04. The van der Waals surface area contributed by atoms with Crippen LogP contribution in [0.15, 0.2) is 40.4 Å². The second-order valence-corrected chi connectivity index (χ2v) is 5.36. The SMILES string of the molecule is CC(C)N(CC(N)=NO)C(=O)CSc1ccccc1. The van der Waals surface area contributed by atoms with Crippen LogP contribution in [0.5, 0.6) is 0 Å². The van der Waals surface area contributed by atoms with E-state index < -0.39 is 0 Å². The summed E-state index contributed by atoms with van der Waals surface area (Å²) in [5.41, 5.74) is 5.46. The van der Waals surface area contributed by atoms with Crippen molar-refractivity contribution in [2.45, 2.75) is 24.8 Å². The molecular weight excluding hydrogens is 262 g/mol. The van der Waals surface area contributed by atoms with Crippen LogP contribution in [-0.4, -0.2) is 40.2 Å². The molecule has 0 heterocycles. The molecule has 0 aromatic heterocycles. The monoisotopic (exact) mass is 281 g/mol. The Morgan fingerprint density at radius 3 is 2.58 bits per heavy atom. The van der Waals surface area contributed by atoms with E-state index in [0.717, 1.165) is 4.90 Å². The number of oxime groups is 1. The zero-order valence-corrected chi connectivity index (χ0v) is 11.9. The van der Waals surface area contributed by atoms with Crippen LogP contribution < -0.4 is 5.73 Å². The number of rotatable bonds is 6. The minimum absolute atomic E-state index is 0.00386. The first-order valence-corrected chi connectivity index (χ1v) is 6.97. The normalized spacial score (nSPS) is 11.6. The highest BCUT2D eigenvalue weighted by molar-refractivity contribution is 8.00. The highest BCUT2D eigenvalue weighted by Crippen LogP contribution is 2.17. The molecule has 1 aromatic carbocycles. The minimum Gasteiger partial charge on any atom is -0.409 e. The van der Waals surface area contributed by atoms with E-state index in [-0.39, 0.29) is 24.3 Å². The van der Waals surface area contributed by atoms with Crippen molar-refractivity contribution < 1.29 is 10.0 Å². The van der Waals surface area contributed by atoms with Gasteiger partial charge in [-0.3, -0.25) is 4.79 Å². The fraction of sp³-hybridized carbons (Fsp3) is 0.385. The van der Waals surface area contributed by atoms with E-state index >= 15 is 0 Å². The molecule has 0 radical (unpaired) electrons. The summed E-state index contributed by atoms with van der Waals surface area (Å²) in [7, 11) is 0. The number of carbonyl (C=O) groups excluding carboxylic acids is 1. The summed E-state index contributed by atoms with van der Waals surface area (Å²) in [6.45, 7) is 3.94. The fourth-order valence-corrected chi connectivity index (χ4v) is 2.32. The van der Waals surface area contributed by atoms with E-state index in [0.29, 0.717) is 5.75 Å². The van der Waals surface area contributed by atoms with Gasteiger partial charge < -0.3 is 15.8 Å². The number of nitrogens with zero attached hydrogens (tertiary/aromatic N) is 2.